The van der Waals surface area contributed by atoms with Crippen molar-refractivity contribution in [2.24, 2.45) is 0 Å². The number of aromatic nitrogens is 2. The number of fused-ring (bicyclic) bond motifs is 1. The van der Waals surface area contributed by atoms with Crippen LogP contribution >= 0.6 is 0 Å². The number of nitrogens with one attached hydrogen (secondary N) is 2. The summed E-state index contributed by atoms with van der Waals surface area (Å²) in [6, 6.07) is 13.1. The fraction of sp³-hybridized carbons (Fsp3) is 0.300. The number of hydrogen-bond donors (Lipinski definition) is 2. The SMILES string of the molecule is CCCOc1ccc(C(=O)NCCc2nc3ccccc3[nH]2)cc1OC. The number of nitrogens with zero attached hydrogens (tertiary/aromatic N) is 1. The lowest BCUT2D eigenvalue weighted by Crippen LogP contribution is -2.26. The molecule has 0 aliphatic heterocycles. The van der Waals surface area contributed by atoms with Gasteiger partial charge in [-0.15, -0.1) is 0 Å². The van der Waals surface area contributed by atoms with Crippen molar-refractivity contribution in [1.29, 1.82) is 0 Å². The lowest BCUT2D eigenvalue weighted by Gasteiger charge is -2.11. The van der Waals surface area contributed by atoms with Crippen LogP contribution in [0.3, 0.4) is 0 Å². The molecule has 0 radical (unpaired) electrons. The van der Waals surface area contributed by atoms with E-state index in [4.69, 9.17) is 9.47 Å². The van der Waals surface area contributed by atoms with Gasteiger partial charge in [-0.25, -0.2) is 4.98 Å². The molecular weight excluding hydrogens is 330 g/mol. The van der Waals surface area contributed by atoms with Gasteiger partial charge in [-0.2, -0.15) is 0 Å². The molecule has 1 aromatic heterocycles. The summed E-state index contributed by atoms with van der Waals surface area (Å²) in [7, 11) is 1.57. The first kappa shape index (κ1) is 17.8. The predicted molar refractivity (Wildman–Crippen MR) is 101 cm³/mol. The molecule has 6 heteroatoms. The average Bonchev–Trinajstić information content (AvgIpc) is 3.08. The third-order valence-corrected chi connectivity index (χ3v) is 3.97. The Morgan fingerprint density at radius 1 is 1.19 bits per heavy atom. The molecule has 136 valence electrons. The molecule has 1 amide bonds. The number of ether oxygens (including phenoxy) is 2. The number of para-hydroxylation sites is 2. The maximum absolute atomic E-state index is 12.4. The average molecular weight is 353 g/mol. The van der Waals surface area contributed by atoms with Crippen LogP contribution in [0.15, 0.2) is 42.5 Å². The van der Waals surface area contributed by atoms with Gasteiger partial charge in [-0.05, 0) is 36.8 Å². The van der Waals surface area contributed by atoms with E-state index in [2.05, 4.69) is 15.3 Å². The van der Waals surface area contributed by atoms with Gasteiger partial charge in [-0.3, -0.25) is 4.79 Å². The highest BCUT2D eigenvalue weighted by atomic mass is 16.5. The lowest BCUT2D eigenvalue weighted by atomic mass is 10.2. The summed E-state index contributed by atoms with van der Waals surface area (Å²) >= 11 is 0. The van der Waals surface area contributed by atoms with Crippen LogP contribution in [0.1, 0.15) is 29.5 Å². The number of carbonyl (C=O) groups excluding carboxylic acids is 1. The largest absolute Gasteiger partial charge is 0.493 e. The molecule has 26 heavy (non-hydrogen) atoms. The number of rotatable bonds is 8. The first-order valence-corrected chi connectivity index (χ1v) is 8.74. The summed E-state index contributed by atoms with van der Waals surface area (Å²) < 4.78 is 10.9. The van der Waals surface area contributed by atoms with Crippen molar-refractivity contribution in [3.8, 4) is 11.5 Å². The molecule has 2 aromatic carbocycles. The van der Waals surface area contributed by atoms with E-state index in [-0.39, 0.29) is 5.91 Å². The van der Waals surface area contributed by atoms with E-state index < -0.39 is 0 Å². The van der Waals surface area contributed by atoms with Gasteiger partial charge in [0.05, 0.1) is 24.8 Å². The summed E-state index contributed by atoms with van der Waals surface area (Å²) in [5.41, 5.74) is 2.47. The van der Waals surface area contributed by atoms with E-state index in [1.54, 1.807) is 25.3 Å². The number of H-pyrrole nitrogens is 1. The van der Waals surface area contributed by atoms with Crippen molar-refractivity contribution in [3.05, 3.63) is 53.9 Å². The third-order valence-electron chi connectivity index (χ3n) is 3.97. The number of methoxy groups -OCH3 is 1. The second-order valence-electron chi connectivity index (χ2n) is 5.92. The second kappa shape index (κ2) is 8.38. The third kappa shape index (κ3) is 4.14. The van der Waals surface area contributed by atoms with Gasteiger partial charge in [0.15, 0.2) is 11.5 Å². The van der Waals surface area contributed by atoms with Crippen LogP contribution in [0.5, 0.6) is 11.5 Å². The van der Waals surface area contributed by atoms with Crippen molar-refractivity contribution >= 4 is 16.9 Å². The number of aromatic amines is 1. The molecule has 3 rings (SSSR count). The summed E-state index contributed by atoms with van der Waals surface area (Å²) in [5.74, 6) is 1.91. The molecule has 1 heterocycles. The molecule has 0 spiro atoms. The van der Waals surface area contributed by atoms with Crippen LogP contribution in [0.2, 0.25) is 0 Å². The minimum absolute atomic E-state index is 0.151. The fourth-order valence-corrected chi connectivity index (χ4v) is 2.66. The lowest BCUT2D eigenvalue weighted by molar-refractivity contribution is 0.0953. The molecule has 0 fully saturated rings. The highest BCUT2D eigenvalue weighted by Crippen LogP contribution is 2.28. The maximum Gasteiger partial charge on any atom is 0.251 e. The van der Waals surface area contributed by atoms with Crippen LogP contribution in [0.25, 0.3) is 11.0 Å². The minimum Gasteiger partial charge on any atom is -0.493 e. The summed E-state index contributed by atoms with van der Waals surface area (Å²) in [4.78, 5) is 20.1. The molecule has 0 aliphatic carbocycles. The Labute approximate surface area is 152 Å². The fourth-order valence-electron chi connectivity index (χ4n) is 2.66. The van der Waals surface area contributed by atoms with Crippen molar-refractivity contribution < 1.29 is 14.3 Å². The van der Waals surface area contributed by atoms with E-state index in [9.17, 15) is 4.79 Å². The van der Waals surface area contributed by atoms with E-state index in [1.165, 1.54) is 0 Å². The van der Waals surface area contributed by atoms with Crippen LogP contribution in [0.4, 0.5) is 0 Å². The van der Waals surface area contributed by atoms with Crippen molar-refractivity contribution in [3.63, 3.8) is 0 Å². The standard InChI is InChI=1S/C20H23N3O3/c1-3-12-26-17-9-8-14(13-18(17)25-2)20(24)21-11-10-19-22-15-6-4-5-7-16(15)23-19/h4-9,13H,3,10-12H2,1-2H3,(H,21,24)(H,22,23). The topological polar surface area (TPSA) is 76.2 Å². The van der Waals surface area contributed by atoms with E-state index in [0.717, 1.165) is 23.3 Å². The van der Waals surface area contributed by atoms with Crippen molar-refractivity contribution in [1.82, 2.24) is 15.3 Å². The molecule has 0 atom stereocenters. The van der Waals surface area contributed by atoms with Crippen LogP contribution in [0, 0.1) is 0 Å². The Morgan fingerprint density at radius 3 is 2.81 bits per heavy atom. The Balaban J connectivity index is 1.58. The van der Waals surface area contributed by atoms with Gasteiger partial charge in [-0.1, -0.05) is 19.1 Å². The van der Waals surface area contributed by atoms with E-state index >= 15 is 0 Å². The van der Waals surface area contributed by atoms with Crippen LogP contribution < -0.4 is 14.8 Å². The zero-order valence-electron chi connectivity index (χ0n) is 15.0. The zero-order chi connectivity index (χ0) is 18.4. The monoisotopic (exact) mass is 353 g/mol. The van der Waals surface area contributed by atoms with Gasteiger partial charge in [0, 0.05) is 18.5 Å². The van der Waals surface area contributed by atoms with E-state index in [1.807, 2.05) is 31.2 Å². The van der Waals surface area contributed by atoms with Crippen molar-refractivity contribution in [2.75, 3.05) is 20.3 Å². The number of amides is 1. The quantitative estimate of drug-likeness (QED) is 0.651. The van der Waals surface area contributed by atoms with Gasteiger partial charge in [0.25, 0.3) is 5.91 Å². The molecule has 0 saturated heterocycles. The van der Waals surface area contributed by atoms with Crippen LogP contribution in [-0.4, -0.2) is 36.1 Å². The molecule has 0 unspecified atom stereocenters. The first-order valence-electron chi connectivity index (χ1n) is 8.74. The first-order chi connectivity index (χ1) is 12.7. The van der Waals surface area contributed by atoms with Gasteiger partial charge in [0.1, 0.15) is 5.82 Å². The van der Waals surface area contributed by atoms with Crippen molar-refractivity contribution in [2.45, 2.75) is 19.8 Å². The van der Waals surface area contributed by atoms with E-state index in [0.29, 0.717) is 36.6 Å². The Morgan fingerprint density at radius 2 is 2.04 bits per heavy atom. The molecule has 0 aliphatic rings. The Kier molecular flexibility index (Phi) is 5.73. The molecule has 0 bridgehead atoms. The summed E-state index contributed by atoms with van der Waals surface area (Å²) in [6.07, 6.45) is 1.54. The number of hydrogen-bond acceptors (Lipinski definition) is 4. The Bertz CT molecular complexity index is 856. The maximum atomic E-state index is 12.4. The number of benzene rings is 2. The predicted octanol–water partition coefficient (Wildman–Crippen LogP) is 3.33. The van der Waals surface area contributed by atoms with Crippen LogP contribution in [-0.2, 0) is 6.42 Å². The Hall–Kier alpha value is -3.02. The number of imidazole rings is 1. The van der Waals surface area contributed by atoms with Gasteiger partial charge < -0.3 is 19.8 Å². The molecule has 3 aromatic rings. The molecular formula is C20H23N3O3. The van der Waals surface area contributed by atoms with Gasteiger partial charge in [0.2, 0.25) is 0 Å². The highest BCUT2D eigenvalue weighted by molar-refractivity contribution is 5.94. The second-order valence-corrected chi connectivity index (χ2v) is 5.92. The summed E-state index contributed by atoms with van der Waals surface area (Å²) in [6.45, 7) is 3.14. The summed E-state index contributed by atoms with van der Waals surface area (Å²) in [5, 5.41) is 2.91. The smallest absolute Gasteiger partial charge is 0.251 e. The normalized spacial score (nSPS) is 10.7. The number of carbonyl (C=O) groups is 1. The zero-order valence-corrected chi connectivity index (χ0v) is 15.0. The highest BCUT2D eigenvalue weighted by Gasteiger charge is 2.11. The minimum atomic E-state index is -0.151. The molecule has 0 saturated carbocycles. The molecule has 6 nitrogen and oxygen atoms in total. The molecule has 2 N–H and O–H groups in total. The van der Waals surface area contributed by atoms with Gasteiger partial charge >= 0.3 is 0 Å².